The highest BCUT2D eigenvalue weighted by atomic mass is 32.2. The van der Waals surface area contributed by atoms with Crippen molar-refractivity contribution in [3.63, 3.8) is 0 Å². The third-order valence-electron chi connectivity index (χ3n) is 2.12. The van der Waals surface area contributed by atoms with Crippen LogP contribution in [-0.4, -0.2) is 10.9 Å². The third-order valence-corrected chi connectivity index (χ3v) is 2.90. The molecule has 0 aromatic carbocycles. The maximum absolute atomic E-state index is 11.2. The van der Waals surface area contributed by atoms with E-state index in [1.807, 2.05) is 6.92 Å². The highest BCUT2D eigenvalue weighted by molar-refractivity contribution is 8.13. The van der Waals surface area contributed by atoms with Crippen molar-refractivity contribution in [2.45, 2.75) is 52.9 Å². The minimum atomic E-state index is 0.367. The smallest absolute Gasteiger partial charge is 0.189 e. The number of rotatable bonds is 7. The van der Waals surface area contributed by atoms with Crippen molar-refractivity contribution >= 4 is 16.9 Å². The van der Waals surface area contributed by atoms with Gasteiger partial charge in [-0.2, -0.15) is 0 Å². The van der Waals surface area contributed by atoms with Gasteiger partial charge in [-0.25, -0.2) is 0 Å². The summed E-state index contributed by atoms with van der Waals surface area (Å²) in [6.45, 7) is 6.43. The van der Waals surface area contributed by atoms with Crippen LogP contribution >= 0.6 is 11.8 Å². The van der Waals surface area contributed by atoms with Gasteiger partial charge in [0, 0.05) is 6.42 Å². The van der Waals surface area contributed by atoms with Crippen LogP contribution in [0.4, 0.5) is 0 Å². The van der Waals surface area contributed by atoms with Crippen molar-refractivity contribution in [1.82, 2.24) is 0 Å². The fraction of sp³-hybridized carbons (Fsp3) is 0.909. The Kier molecular flexibility index (Phi) is 8.62. The molecule has 2 heteroatoms. The number of unbranched alkanes of at least 4 members (excludes halogenated alkanes) is 2. The number of thioether (sulfide) groups is 1. The molecule has 78 valence electrons. The molecule has 0 rings (SSSR count). The molecule has 0 aromatic rings. The molecule has 1 atom stereocenters. The number of carbonyl (C=O) groups excluding carboxylic acids is 1. The molecule has 0 aromatic heterocycles. The number of hydrogen-bond acceptors (Lipinski definition) is 2. The first-order chi connectivity index (χ1) is 6.20. The lowest BCUT2D eigenvalue weighted by molar-refractivity contribution is -0.111. The second kappa shape index (κ2) is 8.61. The average Bonchev–Trinajstić information content (AvgIpc) is 2.05. The molecule has 13 heavy (non-hydrogen) atoms. The molecule has 0 saturated heterocycles. The van der Waals surface area contributed by atoms with Crippen molar-refractivity contribution in [3.8, 4) is 0 Å². The zero-order chi connectivity index (χ0) is 10.1. The van der Waals surface area contributed by atoms with Crippen LogP contribution in [0.15, 0.2) is 0 Å². The zero-order valence-electron chi connectivity index (χ0n) is 9.14. The van der Waals surface area contributed by atoms with E-state index < -0.39 is 0 Å². The highest BCUT2D eigenvalue weighted by Crippen LogP contribution is 2.17. The summed E-state index contributed by atoms with van der Waals surface area (Å²) in [5, 5.41) is 0.367. The van der Waals surface area contributed by atoms with Crippen LogP contribution in [0.1, 0.15) is 52.9 Å². The molecular weight excluding hydrogens is 180 g/mol. The SMILES string of the molecule is CCCCC[C@@H](C)CC(=O)SCC. The Bertz CT molecular complexity index is 134. The predicted molar refractivity (Wildman–Crippen MR) is 61.1 cm³/mol. The molecule has 0 bridgehead atoms. The minimum Gasteiger partial charge on any atom is -0.287 e. The van der Waals surface area contributed by atoms with Gasteiger partial charge in [-0.05, 0) is 11.7 Å². The first-order valence-corrected chi connectivity index (χ1v) is 6.34. The van der Waals surface area contributed by atoms with E-state index in [9.17, 15) is 4.79 Å². The standard InChI is InChI=1S/C11H22OS/c1-4-6-7-8-10(3)9-11(12)13-5-2/h10H,4-9H2,1-3H3/t10-/m1/s1. The normalized spacial score (nSPS) is 12.8. The predicted octanol–water partition coefficient (Wildman–Crippen LogP) is 3.87. The van der Waals surface area contributed by atoms with E-state index in [4.69, 9.17) is 0 Å². The highest BCUT2D eigenvalue weighted by Gasteiger charge is 2.08. The average molecular weight is 202 g/mol. The number of hydrogen-bond donors (Lipinski definition) is 0. The molecule has 0 aliphatic heterocycles. The molecule has 1 nitrogen and oxygen atoms in total. The van der Waals surface area contributed by atoms with Gasteiger partial charge in [0.1, 0.15) is 0 Å². The molecule has 0 saturated carbocycles. The molecule has 0 N–H and O–H groups in total. The molecule has 0 aliphatic carbocycles. The lowest BCUT2D eigenvalue weighted by Gasteiger charge is -2.08. The summed E-state index contributed by atoms with van der Waals surface area (Å²) in [4.78, 5) is 11.2. The topological polar surface area (TPSA) is 17.1 Å². The lowest BCUT2D eigenvalue weighted by atomic mass is 10.0. The number of carbonyl (C=O) groups is 1. The molecule has 0 heterocycles. The van der Waals surface area contributed by atoms with E-state index in [0.717, 1.165) is 12.2 Å². The Morgan fingerprint density at radius 2 is 2.00 bits per heavy atom. The van der Waals surface area contributed by atoms with Gasteiger partial charge in [-0.15, -0.1) is 0 Å². The molecule has 0 spiro atoms. The van der Waals surface area contributed by atoms with Crippen LogP contribution in [0.25, 0.3) is 0 Å². The Morgan fingerprint density at radius 3 is 2.54 bits per heavy atom. The summed E-state index contributed by atoms with van der Waals surface area (Å²) in [6.07, 6.45) is 5.83. The largest absolute Gasteiger partial charge is 0.287 e. The Labute approximate surface area is 86.7 Å². The van der Waals surface area contributed by atoms with Gasteiger partial charge < -0.3 is 0 Å². The Hall–Kier alpha value is 0.0200. The van der Waals surface area contributed by atoms with Gasteiger partial charge in [-0.1, -0.05) is 58.2 Å². The molecule has 0 amide bonds. The monoisotopic (exact) mass is 202 g/mol. The van der Waals surface area contributed by atoms with Crippen LogP contribution < -0.4 is 0 Å². The van der Waals surface area contributed by atoms with Crippen molar-refractivity contribution in [3.05, 3.63) is 0 Å². The van der Waals surface area contributed by atoms with Crippen molar-refractivity contribution in [2.75, 3.05) is 5.75 Å². The summed E-state index contributed by atoms with van der Waals surface area (Å²) < 4.78 is 0. The van der Waals surface area contributed by atoms with E-state index in [2.05, 4.69) is 13.8 Å². The quantitative estimate of drug-likeness (QED) is 0.583. The summed E-state index contributed by atoms with van der Waals surface area (Å²) in [5.41, 5.74) is 0. The van der Waals surface area contributed by atoms with Gasteiger partial charge in [0.25, 0.3) is 0 Å². The van der Waals surface area contributed by atoms with E-state index in [1.54, 1.807) is 0 Å². The minimum absolute atomic E-state index is 0.367. The van der Waals surface area contributed by atoms with E-state index >= 15 is 0 Å². The fourth-order valence-electron chi connectivity index (χ4n) is 1.35. The molecule has 0 unspecified atom stereocenters. The molecule has 0 fully saturated rings. The van der Waals surface area contributed by atoms with E-state index in [0.29, 0.717) is 11.0 Å². The third kappa shape index (κ3) is 8.35. The van der Waals surface area contributed by atoms with Gasteiger partial charge in [0.05, 0.1) is 0 Å². The summed E-state index contributed by atoms with van der Waals surface area (Å²) in [6, 6.07) is 0. The van der Waals surface area contributed by atoms with Gasteiger partial charge in [0.15, 0.2) is 5.12 Å². The van der Waals surface area contributed by atoms with Gasteiger partial charge >= 0.3 is 0 Å². The Balaban J connectivity index is 3.38. The maximum Gasteiger partial charge on any atom is 0.189 e. The Morgan fingerprint density at radius 1 is 1.31 bits per heavy atom. The molecule has 0 radical (unpaired) electrons. The van der Waals surface area contributed by atoms with E-state index in [-0.39, 0.29) is 0 Å². The summed E-state index contributed by atoms with van der Waals surface area (Å²) >= 11 is 1.46. The van der Waals surface area contributed by atoms with Crippen molar-refractivity contribution < 1.29 is 4.79 Å². The summed E-state index contributed by atoms with van der Waals surface area (Å²) in [7, 11) is 0. The van der Waals surface area contributed by atoms with Crippen molar-refractivity contribution in [1.29, 1.82) is 0 Å². The van der Waals surface area contributed by atoms with Gasteiger partial charge in [-0.3, -0.25) is 4.79 Å². The summed E-state index contributed by atoms with van der Waals surface area (Å²) in [5.74, 6) is 1.50. The first-order valence-electron chi connectivity index (χ1n) is 5.36. The van der Waals surface area contributed by atoms with Gasteiger partial charge in [0.2, 0.25) is 0 Å². The first kappa shape index (κ1) is 13.0. The second-order valence-corrected chi connectivity index (χ2v) is 4.93. The molecule has 0 aliphatic rings. The molecular formula is C11H22OS. The van der Waals surface area contributed by atoms with Crippen molar-refractivity contribution in [2.24, 2.45) is 5.92 Å². The van der Waals surface area contributed by atoms with Crippen LogP contribution in [-0.2, 0) is 4.79 Å². The van der Waals surface area contributed by atoms with Crippen LogP contribution in [0.2, 0.25) is 0 Å². The van der Waals surface area contributed by atoms with Crippen LogP contribution in [0.5, 0.6) is 0 Å². The maximum atomic E-state index is 11.2. The van der Waals surface area contributed by atoms with Crippen LogP contribution in [0, 0.1) is 5.92 Å². The zero-order valence-corrected chi connectivity index (χ0v) is 9.95. The van der Waals surface area contributed by atoms with Crippen LogP contribution in [0.3, 0.4) is 0 Å². The second-order valence-electron chi connectivity index (χ2n) is 3.61. The lowest BCUT2D eigenvalue weighted by Crippen LogP contribution is -2.02. The van der Waals surface area contributed by atoms with E-state index in [1.165, 1.54) is 37.4 Å². The fourth-order valence-corrected chi connectivity index (χ4v) is 2.07.